The van der Waals surface area contributed by atoms with Gasteiger partial charge in [0.15, 0.2) is 6.10 Å². The first-order valence-electron chi connectivity index (χ1n) is 13.8. The standard InChI is InChI=1S/C27H33F5N4O5S/c1-26(2,3)41-25(37)33-20-11-22(24(27(30,31)32)40-23(20)18-10-16(28)8-9-19(18)29)35-12-15-13-36(34-21(15)14-35)42(38,39)17-6-4-5-7-17/h8-10,13,17,20,22-24H,4-7,11-12,14H2,1-3H3,(H,33,37)/t20-,22+,23+,24-/m0/s1. The number of rotatable bonds is 5. The van der Waals surface area contributed by atoms with E-state index in [1.54, 1.807) is 20.8 Å². The van der Waals surface area contributed by atoms with Gasteiger partial charge in [0.1, 0.15) is 23.3 Å². The SMILES string of the molecule is CC(C)(C)OC(=O)N[C@H]1C[C@@H](N2Cc3cn(S(=O)(=O)C4CCCC4)nc3C2)[C@@H](C(F)(F)F)O[C@@H]1c1cc(F)ccc1F. The predicted octanol–water partition coefficient (Wildman–Crippen LogP) is 4.95. The Morgan fingerprint density at radius 1 is 1.12 bits per heavy atom. The molecule has 42 heavy (non-hydrogen) atoms. The fourth-order valence-corrected chi connectivity index (χ4v) is 7.68. The number of aromatic nitrogens is 2. The van der Waals surface area contributed by atoms with Crippen molar-refractivity contribution in [1.29, 1.82) is 0 Å². The smallest absolute Gasteiger partial charge is 0.416 e. The second-order valence-electron chi connectivity index (χ2n) is 12.1. The van der Waals surface area contributed by atoms with Gasteiger partial charge in [-0.2, -0.15) is 22.4 Å². The van der Waals surface area contributed by atoms with Crippen LogP contribution in [0.3, 0.4) is 0 Å². The molecule has 2 aliphatic heterocycles. The maximum absolute atomic E-state index is 14.8. The summed E-state index contributed by atoms with van der Waals surface area (Å²) in [5.74, 6) is -1.87. The Hall–Kier alpha value is -2.78. The average molecular weight is 621 g/mol. The first-order chi connectivity index (χ1) is 19.5. The van der Waals surface area contributed by atoms with Gasteiger partial charge in [-0.25, -0.2) is 22.0 Å². The van der Waals surface area contributed by atoms with Crippen LogP contribution < -0.4 is 5.32 Å². The minimum Gasteiger partial charge on any atom is -0.444 e. The van der Waals surface area contributed by atoms with Gasteiger partial charge in [0.05, 0.1) is 17.0 Å². The van der Waals surface area contributed by atoms with E-state index in [2.05, 4.69) is 10.4 Å². The Balaban J connectivity index is 1.43. The largest absolute Gasteiger partial charge is 0.444 e. The molecular formula is C27H33F5N4O5S. The Kier molecular flexibility index (Phi) is 8.07. The predicted molar refractivity (Wildman–Crippen MR) is 140 cm³/mol. The van der Waals surface area contributed by atoms with Crippen molar-refractivity contribution in [3.05, 3.63) is 52.9 Å². The van der Waals surface area contributed by atoms with E-state index in [-0.39, 0.29) is 19.5 Å². The summed E-state index contributed by atoms with van der Waals surface area (Å²) in [6.07, 6.45) is -6.31. The summed E-state index contributed by atoms with van der Waals surface area (Å²) in [7, 11) is -3.72. The first kappa shape index (κ1) is 30.7. The molecular weight excluding hydrogens is 587 g/mol. The molecule has 1 N–H and O–H groups in total. The molecule has 0 radical (unpaired) electrons. The number of nitrogens with zero attached hydrogens (tertiary/aromatic N) is 3. The number of hydrogen-bond acceptors (Lipinski definition) is 7. The van der Waals surface area contributed by atoms with Gasteiger partial charge in [0, 0.05) is 36.5 Å². The van der Waals surface area contributed by atoms with E-state index in [1.165, 1.54) is 11.1 Å². The lowest BCUT2D eigenvalue weighted by Gasteiger charge is -2.45. The van der Waals surface area contributed by atoms with Gasteiger partial charge in [-0.3, -0.25) is 4.90 Å². The minimum absolute atomic E-state index is 0.0473. The molecule has 15 heteroatoms. The lowest BCUT2D eigenvalue weighted by atomic mass is 9.88. The van der Waals surface area contributed by atoms with Crippen LogP contribution in [0.5, 0.6) is 0 Å². The van der Waals surface area contributed by atoms with Crippen LogP contribution >= 0.6 is 0 Å². The summed E-state index contributed by atoms with van der Waals surface area (Å²) in [6, 6.07) is -0.237. The Morgan fingerprint density at radius 2 is 1.81 bits per heavy atom. The molecule has 0 bridgehead atoms. The van der Waals surface area contributed by atoms with E-state index in [4.69, 9.17) is 9.47 Å². The van der Waals surface area contributed by atoms with Crippen molar-refractivity contribution in [3.8, 4) is 0 Å². The number of halogens is 5. The number of nitrogens with one attached hydrogen (secondary N) is 1. The van der Waals surface area contributed by atoms with Gasteiger partial charge < -0.3 is 14.8 Å². The van der Waals surface area contributed by atoms with E-state index in [0.717, 1.165) is 35.1 Å². The highest BCUT2D eigenvalue weighted by molar-refractivity contribution is 7.90. The zero-order valence-electron chi connectivity index (χ0n) is 23.3. The first-order valence-corrected chi connectivity index (χ1v) is 15.3. The number of ether oxygens (including phenoxy) is 2. The van der Waals surface area contributed by atoms with E-state index in [0.29, 0.717) is 24.1 Å². The molecule has 2 fully saturated rings. The summed E-state index contributed by atoms with van der Waals surface area (Å²) >= 11 is 0. The minimum atomic E-state index is -4.91. The third kappa shape index (κ3) is 6.27. The monoisotopic (exact) mass is 620 g/mol. The van der Waals surface area contributed by atoms with Crippen LogP contribution in [0.1, 0.15) is 75.8 Å². The summed E-state index contributed by atoms with van der Waals surface area (Å²) in [5, 5.41) is 6.17. The van der Waals surface area contributed by atoms with Crippen molar-refractivity contribution >= 4 is 16.1 Å². The van der Waals surface area contributed by atoms with Gasteiger partial charge in [-0.1, -0.05) is 12.8 Å². The average Bonchev–Trinajstić information content (AvgIpc) is 3.61. The topological polar surface area (TPSA) is 103 Å². The summed E-state index contributed by atoms with van der Waals surface area (Å²) in [4.78, 5) is 14.1. The molecule has 1 aromatic heterocycles. The van der Waals surface area contributed by atoms with Gasteiger partial charge in [0.25, 0.3) is 10.0 Å². The zero-order chi connectivity index (χ0) is 30.6. The molecule has 0 unspecified atom stereocenters. The number of alkyl carbamates (subject to hydrolysis) is 1. The molecule has 232 valence electrons. The van der Waals surface area contributed by atoms with Crippen molar-refractivity contribution in [2.24, 2.45) is 0 Å². The van der Waals surface area contributed by atoms with Crippen LogP contribution in [0.2, 0.25) is 0 Å². The maximum Gasteiger partial charge on any atom is 0.416 e. The van der Waals surface area contributed by atoms with Crippen LogP contribution in [0.4, 0.5) is 26.7 Å². The molecule has 5 rings (SSSR count). The summed E-state index contributed by atoms with van der Waals surface area (Å²) < 4.78 is 110. The third-order valence-corrected chi connectivity index (χ3v) is 9.85. The molecule has 3 aliphatic rings. The Labute approximate surface area is 240 Å². The zero-order valence-corrected chi connectivity index (χ0v) is 24.1. The van der Waals surface area contributed by atoms with Gasteiger partial charge in [-0.05, 0) is 58.2 Å². The summed E-state index contributed by atoms with van der Waals surface area (Å²) in [6.45, 7) is 4.66. The van der Waals surface area contributed by atoms with Crippen molar-refractivity contribution < 1.29 is 44.6 Å². The molecule has 3 heterocycles. The lowest BCUT2D eigenvalue weighted by molar-refractivity contribution is -0.270. The van der Waals surface area contributed by atoms with Crippen LogP contribution in [0.25, 0.3) is 0 Å². The van der Waals surface area contributed by atoms with Gasteiger partial charge >= 0.3 is 12.3 Å². The number of carbonyl (C=O) groups is 1. The third-order valence-electron chi connectivity index (χ3n) is 7.83. The van der Waals surface area contributed by atoms with E-state index in [1.807, 2.05) is 0 Å². The lowest BCUT2D eigenvalue weighted by Crippen LogP contribution is -2.59. The van der Waals surface area contributed by atoms with Crippen molar-refractivity contribution in [3.63, 3.8) is 0 Å². The Bertz CT molecular complexity index is 1410. The maximum atomic E-state index is 14.8. The molecule has 1 amide bonds. The molecule has 0 spiro atoms. The highest BCUT2D eigenvalue weighted by atomic mass is 32.2. The number of benzene rings is 1. The number of fused-ring (bicyclic) bond motifs is 1. The molecule has 1 aromatic carbocycles. The molecule has 2 aromatic rings. The van der Waals surface area contributed by atoms with Crippen molar-refractivity contribution in [2.45, 2.75) is 107 Å². The van der Waals surface area contributed by atoms with Crippen LogP contribution in [0.15, 0.2) is 24.4 Å². The molecule has 1 saturated heterocycles. The number of carbonyl (C=O) groups excluding carboxylic acids is 1. The number of hydrogen-bond donors (Lipinski definition) is 1. The normalized spacial score (nSPS) is 25.9. The van der Waals surface area contributed by atoms with E-state index in [9.17, 15) is 35.2 Å². The van der Waals surface area contributed by atoms with Crippen molar-refractivity contribution in [2.75, 3.05) is 0 Å². The molecule has 9 nitrogen and oxygen atoms in total. The molecule has 1 aliphatic carbocycles. The quantitative estimate of drug-likeness (QED) is 0.472. The van der Waals surface area contributed by atoms with Crippen LogP contribution in [-0.2, 0) is 32.6 Å². The van der Waals surface area contributed by atoms with Gasteiger partial charge in [-0.15, -0.1) is 0 Å². The van der Waals surface area contributed by atoms with E-state index >= 15 is 0 Å². The second kappa shape index (κ2) is 11.1. The molecule has 1 saturated carbocycles. The highest BCUT2D eigenvalue weighted by Gasteiger charge is 2.55. The number of alkyl halides is 3. The second-order valence-corrected chi connectivity index (χ2v) is 14.1. The van der Waals surface area contributed by atoms with E-state index < -0.39 is 74.6 Å². The fraction of sp³-hybridized carbons (Fsp3) is 0.630. The van der Waals surface area contributed by atoms with Crippen molar-refractivity contribution in [1.82, 2.24) is 19.4 Å². The fourth-order valence-electron chi connectivity index (χ4n) is 5.96. The molecule has 4 atom stereocenters. The summed E-state index contributed by atoms with van der Waals surface area (Å²) in [5.41, 5.74) is -0.615. The van der Waals surface area contributed by atoms with Crippen LogP contribution in [-0.4, -0.2) is 63.8 Å². The highest BCUT2D eigenvalue weighted by Crippen LogP contribution is 2.43. The Morgan fingerprint density at radius 3 is 2.43 bits per heavy atom. The van der Waals surface area contributed by atoms with Gasteiger partial charge in [0.2, 0.25) is 0 Å². The van der Waals surface area contributed by atoms with Crippen LogP contribution in [0, 0.1) is 11.6 Å². The number of amides is 1.